The normalized spacial score (nSPS) is 21.0. The second kappa shape index (κ2) is 8.55. The fourth-order valence-electron chi connectivity index (χ4n) is 4.44. The summed E-state index contributed by atoms with van der Waals surface area (Å²) in [6.07, 6.45) is -1.37. The first-order valence-electron chi connectivity index (χ1n) is 10.1. The van der Waals surface area contributed by atoms with Crippen LogP contribution in [0.15, 0.2) is 42.6 Å². The number of carbonyl (C=O) groups excluding carboxylic acids is 1. The third kappa shape index (κ3) is 4.64. The molecule has 3 heterocycles. The van der Waals surface area contributed by atoms with Crippen LogP contribution in [0.3, 0.4) is 0 Å². The second-order valence-corrected chi connectivity index (χ2v) is 7.76. The summed E-state index contributed by atoms with van der Waals surface area (Å²) in [7, 11) is 0. The number of hydrogen-bond acceptors (Lipinski definition) is 5. The largest absolute Gasteiger partial charge is 0.522 e. The van der Waals surface area contributed by atoms with Crippen LogP contribution < -0.4 is 4.90 Å². The van der Waals surface area contributed by atoms with E-state index < -0.39 is 13.0 Å². The van der Waals surface area contributed by atoms with Crippen molar-refractivity contribution in [3.63, 3.8) is 0 Å². The van der Waals surface area contributed by atoms with Gasteiger partial charge in [0.2, 0.25) is 0 Å². The zero-order chi connectivity index (χ0) is 22.0. The molecule has 0 N–H and O–H groups in total. The van der Waals surface area contributed by atoms with E-state index in [1.165, 1.54) is 12.1 Å². The third-order valence-electron chi connectivity index (χ3n) is 5.96. The molecule has 2 aliphatic heterocycles. The van der Waals surface area contributed by atoms with Crippen molar-refractivity contribution in [1.82, 2.24) is 9.88 Å². The van der Waals surface area contributed by atoms with Crippen LogP contribution in [0, 0.1) is 17.2 Å². The molecule has 9 heteroatoms. The van der Waals surface area contributed by atoms with Gasteiger partial charge in [-0.2, -0.15) is 5.26 Å². The predicted octanol–water partition coefficient (Wildman–Crippen LogP) is 3.73. The van der Waals surface area contributed by atoms with Gasteiger partial charge in [0.15, 0.2) is 0 Å². The number of aromatic nitrogens is 1. The molecule has 2 aromatic rings. The molecule has 0 spiro atoms. The van der Waals surface area contributed by atoms with Crippen LogP contribution in [0.5, 0.6) is 0 Å². The van der Waals surface area contributed by atoms with Crippen molar-refractivity contribution in [2.45, 2.75) is 31.9 Å². The molecule has 1 amide bonds. The van der Waals surface area contributed by atoms with Crippen molar-refractivity contribution in [1.29, 1.82) is 5.26 Å². The average molecular weight is 430 g/mol. The number of pyridine rings is 1. The molecule has 0 unspecified atom stereocenters. The molecule has 31 heavy (non-hydrogen) atoms. The highest BCUT2D eigenvalue weighted by Crippen LogP contribution is 2.35. The van der Waals surface area contributed by atoms with Crippen LogP contribution in [0.2, 0.25) is 0 Å². The number of piperidine rings is 1. The molecule has 1 aromatic heterocycles. The molecule has 2 fully saturated rings. The molecule has 6 nitrogen and oxygen atoms in total. The molecule has 0 bridgehead atoms. The SMILES string of the molecule is N#Cc1ccnc(N2CC[C@@H]3CCN(C(=O)c4ccccc4COC(F)(F)F)C[C@@H]32)c1. The van der Waals surface area contributed by atoms with Gasteiger partial charge >= 0.3 is 6.36 Å². The van der Waals surface area contributed by atoms with Crippen LogP contribution >= 0.6 is 0 Å². The summed E-state index contributed by atoms with van der Waals surface area (Å²) in [6, 6.07) is 11.8. The van der Waals surface area contributed by atoms with Gasteiger partial charge < -0.3 is 9.80 Å². The molecule has 0 saturated carbocycles. The summed E-state index contributed by atoms with van der Waals surface area (Å²) >= 11 is 0. The second-order valence-electron chi connectivity index (χ2n) is 7.76. The average Bonchev–Trinajstić information content (AvgIpc) is 3.20. The van der Waals surface area contributed by atoms with Crippen molar-refractivity contribution in [2.75, 3.05) is 24.5 Å². The standard InChI is InChI=1S/C22H21F3N4O2/c23-22(24,25)31-14-17-3-1-2-4-18(17)21(30)28-9-6-16-7-10-29(19(16)13-28)20-11-15(12-26)5-8-27-20/h1-5,8,11,16,19H,6-7,9-10,13-14H2/t16-,19-/m0/s1. The molecule has 4 rings (SSSR count). The minimum absolute atomic E-state index is 0.0535. The lowest BCUT2D eigenvalue weighted by molar-refractivity contribution is -0.330. The van der Waals surface area contributed by atoms with Crippen molar-refractivity contribution in [3.8, 4) is 6.07 Å². The number of nitrogens with zero attached hydrogens (tertiary/aromatic N) is 4. The van der Waals surface area contributed by atoms with E-state index in [2.05, 4.69) is 20.7 Å². The molecule has 0 radical (unpaired) electrons. The zero-order valence-electron chi connectivity index (χ0n) is 16.7. The van der Waals surface area contributed by atoms with Crippen molar-refractivity contribution >= 4 is 11.7 Å². The van der Waals surface area contributed by atoms with E-state index in [9.17, 15) is 18.0 Å². The number of fused-ring (bicyclic) bond motifs is 1. The van der Waals surface area contributed by atoms with Gasteiger partial charge in [-0.05, 0) is 42.5 Å². The molecule has 1 aromatic carbocycles. The Morgan fingerprint density at radius 3 is 2.77 bits per heavy atom. The van der Waals surface area contributed by atoms with Crippen LogP contribution in [0.25, 0.3) is 0 Å². The summed E-state index contributed by atoms with van der Waals surface area (Å²) in [6.45, 7) is 1.09. The maximum atomic E-state index is 13.2. The highest BCUT2D eigenvalue weighted by Gasteiger charge is 2.40. The van der Waals surface area contributed by atoms with Gasteiger partial charge in [-0.25, -0.2) is 4.98 Å². The number of halogens is 3. The van der Waals surface area contributed by atoms with Gasteiger partial charge in [0.05, 0.1) is 24.3 Å². The number of benzene rings is 1. The van der Waals surface area contributed by atoms with Gasteiger partial charge in [-0.15, -0.1) is 13.2 Å². The lowest BCUT2D eigenvalue weighted by Gasteiger charge is -2.39. The fraction of sp³-hybridized carbons (Fsp3) is 0.409. The number of alkyl halides is 3. The molecule has 2 atom stereocenters. The lowest BCUT2D eigenvalue weighted by Crippen LogP contribution is -2.50. The zero-order valence-corrected chi connectivity index (χ0v) is 16.7. The Morgan fingerprint density at radius 1 is 1.23 bits per heavy atom. The molecule has 162 valence electrons. The molecule has 0 aliphatic carbocycles. The van der Waals surface area contributed by atoms with E-state index in [0.717, 1.165) is 19.4 Å². The Balaban J connectivity index is 1.52. The van der Waals surface area contributed by atoms with Crippen LogP contribution in [0.4, 0.5) is 19.0 Å². The number of anilines is 1. The summed E-state index contributed by atoms with van der Waals surface area (Å²) in [5.74, 6) is 0.811. The highest BCUT2D eigenvalue weighted by atomic mass is 19.4. The minimum atomic E-state index is -4.76. The fourth-order valence-corrected chi connectivity index (χ4v) is 4.44. The van der Waals surface area contributed by atoms with Gasteiger partial charge in [-0.1, -0.05) is 18.2 Å². The van der Waals surface area contributed by atoms with E-state index in [1.54, 1.807) is 35.4 Å². The van der Waals surface area contributed by atoms with Gasteiger partial charge in [0.1, 0.15) is 5.82 Å². The van der Waals surface area contributed by atoms with Crippen molar-refractivity contribution in [3.05, 3.63) is 59.3 Å². The van der Waals surface area contributed by atoms with E-state index in [-0.39, 0.29) is 23.1 Å². The molecular formula is C22H21F3N4O2. The molecule has 2 saturated heterocycles. The summed E-state index contributed by atoms with van der Waals surface area (Å²) in [4.78, 5) is 21.4. The Labute approximate surface area is 177 Å². The van der Waals surface area contributed by atoms with E-state index in [1.807, 2.05) is 0 Å². The van der Waals surface area contributed by atoms with Gasteiger partial charge in [-0.3, -0.25) is 9.53 Å². The number of ether oxygens (including phenoxy) is 1. The molecular weight excluding hydrogens is 409 g/mol. The first-order chi connectivity index (χ1) is 14.9. The van der Waals surface area contributed by atoms with E-state index in [0.29, 0.717) is 30.4 Å². The number of likely N-dealkylation sites (tertiary alicyclic amines) is 1. The topological polar surface area (TPSA) is 69.5 Å². The number of carbonyl (C=O) groups is 1. The lowest BCUT2D eigenvalue weighted by atomic mass is 9.91. The molecule has 2 aliphatic rings. The monoisotopic (exact) mass is 430 g/mol. The number of nitriles is 1. The first-order valence-corrected chi connectivity index (χ1v) is 10.1. The predicted molar refractivity (Wildman–Crippen MR) is 106 cm³/mol. The maximum absolute atomic E-state index is 13.2. The Hall–Kier alpha value is -3.12. The van der Waals surface area contributed by atoms with Crippen LogP contribution in [-0.4, -0.2) is 47.8 Å². The first kappa shape index (κ1) is 21.1. The quantitative estimate of drug-likeness (QED) is 0.739. The third-order valence-corrected chi connectivity index (χ3v) is 5.96. The van der Waals surface area contributed by atoms with Crippen molar-refractivity contribution < 1.29 is 22.7 Å². The van der Waals surface area contributed by atoms with Crippen LogP contribution in [0.1, 0.15) is 34.3 Å². The summed E-state index contributed by atoms with van der Waals surface area (Å²) in [5.41, 5.74) is 0.953. The summed E-state index contributed by atoms with van der Waals surface area (Å²) < 4.78 is 41.4. The number of hydrogen-bond donors (Lipinski definition) is 0. The maximum Gasteiger partial charge on any atom is 0.522 e. The minimum Gasteiger partial charge on any atom is -0.352 e. The number of rotatable bonds is 4. The van der Waals surface area contributed by atoms with Crippen molar-refractivity contribution in [2.24, 2.45) is 5.92 Å². The smallest absolute Gasteiger partial charge is 0.352 e. The van der Waals surface area contributed by atoms with Gasteiger partial charge in [0, 0.05) is 31.4 Å². The van der Waals surface area contributed by atoms with E-state index in [4.69, 9.17) is 5.26 Å². The highest BCUT2D eigenvalue weighted by molar-refractivity contribution is 5.95. The Kier molecular flexibility index (Phi) is 5.83. The van der Waals surface area contributed by atoms with Crippen LogP contribution in [-0.2, 0) is 11.3 Å². The van der Waals surface area contributed by atoms with Gasteiger partial charge in [0.25, 0.3) is 5.91 Å². The Bertz CT molecular complexity index is 1000. The Morgan fingerprint density at radius 2 is 2.00 bits per heavy atom. The summed E-state index contributed by atoms with van der Waals surface area (Å²) in [5, 5.41) is 9.17. The number of amides is 1. The van der Waals surface area contributed by atoms with E-state index >= 15 is 0 Å².